The van der Waals surface area contributed by atoms with E-state index in [1.54, 1.807) is 0 Å². The highest BCUT2D eigenvalue weighted by Crippen LogP contribution is 2.28. The summed E-state index contributed by atoms with van der Waals surface area (Å²) in [6.45, 7) is 5.52. The minimum atomic E-state index is -0.286. The number of carbonyl (C=O) groups excluding carboxylic acids is 2. The molecular weight excluding hydrogens is 266 g/mol. The van der Waals surface area contributed by atoms with Gasteiger partial charge in [-0.15, -0.1) is 0 Å². The molecule has 1 aromatic carbocycles. The summed E-state index contributed by atoms with van der Waals surface area (Å²) in [6, 6.07) is 7.27. The summed E-state index contributed by atoms with van der Waals surface area (Å²) >= 11 is 0. The Balaban J connectivity index is 1.81. The molecule has 2 aliphatic heterocycles. The number of imide groups is 1. The normalized spacial score (nSPS) is 24.9. The molecule has 1 aromatic rings. The van der Waals surface area contributed by atoms with Crippen molar-refractivity contribution in [2.24, 2.45) is 0 Å². The SMILES string of the molecule is Cc1ccccc1N1C(=O)C[C@H](N2CCN(C)CC2)C1=O. The average Bonchev–Trinajstić information content (AvgIpc) is 2.76. The lowest BCUT2D eigenvalue weighted by Crippen LogP contribution is -2.51. The van der Waals surface area contributed by atoms with E-state index < -0.39 is 0 Å². The van der Waals surface area contributed by atoms with E-state index in [1.165, 1.54) is 4.90 Å². The molecule has 0 unspecified atom stereocenters. The predicted octanol–water partition coefficient (Wildman–Crippen LogP) is 0.874. The third kappa shape index (κ3) is 2.59. The van der Waals surface area contributed by atoms with Crippen molar-refractivity contribution in [3.63, 3.8) is 0 Å². The van der Waals surface area contributed by atoms with Gasteiger partial charge in [0, 0.05) is 26.2 Å². The van der Waals surface area contributed by atoms with Crippen LogP contribution in [0.25, 0.3) is 0 Å². The lowest BCUT2D eigenvalue weighted by molar-refractivity contribution is -0.123. The van der Waals surface area contributed by atoms with Crippen molar-refractivity contribution in [3.8, 4) is 0 Å². The molecule has 0 aliphatic carbocycles. The zero-order valence-electron chi connectivity index (χ0n) is 12.6. The molecule has 0 radical (unpaired) electrons. The van der Waals surface area contributed by atoms with Gasteiger partial charge < -0.3 is 4.90 Å². The van der Waals surface area contributed by atoms with Gasteiger partial charge >= 0.3 is 0 Å². The molecule has 2 saturated heterocycles. The number of benzene rings is 1. The van der Waals surface area contributed by atoms with Crippen LogP contribution in [0.3, 0.4) is 0 Å². The quantitative estimate of drug-likeness (QED) is 0.757. The highest BCUT2D eigenvalue weighted by molar-refractivity contribution is 6.22. The second-order valence-corrected chi connectivity index (χ2v) is 5.91. The van der Waals surface area contributed by atoms with Crippen molar-refractivity contribution < 1.29 is 9.59 Å². The molecule has 21 heavy (non-hydrogen) atoms. The molecule has 3 rings (SSSR count). The molecule has 2 aliphatic rings. The van der Waals surface area contributed by atoms with Crippen molar-refractivity contribution in [3.05, 3.63) is 29.8 Å². The Hall–Kier alpha value is -1.72. The fraction of sp³-hybridized carbons (Fsp3) is 0.500. The summed E-state index contributed by atoms with van der Waals surface area (Å²) in [5.74, 6) is -0.155. The first-order valence-corrected chi connectivity index (χ1v) is 7.43. The maximum Gasteiger partial charge on any atom is 0.251 e. The third-order valence-corrected chi connectivity index (χ3v) is 4.46. The smallest absolute Gasteiger partial charge is 0.251 e. The fourth-order valence-electron chi connectivity index (χ4n) is 3.10. The van der Waals surface area contributed by atoms with Gasteiger partial charge in [0.2, 0.25) is 5.91 Å². The van der Waals surface area contributed by atoms with Gasteiger partial charge in [0.1, 0.15) is 0 Å². The number of amides is 2. The monoisotopic (exact) mass is 287 g/mol. The third-order valence-electron chi connectivity index (χ3n) is 4.46. The Bertz CT molecular complexity index is 564. The highest BCUT2D eigenvalue weighted by Gasteiger charge is 2.43. The molecular formula is C16H21N3O2. The van der Waals surface area contributed by atoms with E-state index in [-0.39, 0.29) is 17.9 Å². The predicted molar refractivity (Wildman–Crippen MR) is 81.1 cm³/mol. The van der Waals surface area contributed by atoms with E-state index in [2.05, 4.69) is 16.8 Å². The molecule has 5 nitrogen and oxygen atoms in total. The topological polar surface area (TPSA) is 43.9 Å². The van der Waals surface area contributed by atoms with Crippen LogP contribution in [0.15, 0.2) is 24.3 Å². The lowest BCUT2D eigenvalue weighted by Gasteiger charge is -2.35. The Labute approximate surface area is 125 Å². The van der Waals surface area contributed by atoms with E-state index in [0.29, 0.717) is 6.42 Å². The molecule has 2 fully saturated rings. The van der Waals surface area contributed by atoms with Crippen LogP contribution in [0, 0.1) is 6.92 Å². The number of likely N-dealkylation sites (N-methyl/N-ethyl adjacent to an activating group) is 1. The van der Waals surface area contributed by atoms with Crippen LogP contribution < -0.4 is 4.90 Å². The van der Waals surface area contributed by atoms with Gasteiger partial charge in [0.15, 0.2) is 0 Å². The Morgan fingerprint density at radius 2 is 1.71 bits per heavy atom. The number of nitrogens with zero attached hydrogens (tertiary/aromatic N) is 3. The highest BCUT2D eigenvalue weighted by atomic mass is 16.2. The number of anilines is 1. The lowest BCUT2D eigenvalue weighted by atomic mass is 10.1. The summed E-state index contributed by atoms with van der Waals surface area (Å²) in [7, 11) is 2.08. The van der Waals surface area contributed by atoms with Gasteiger partial charge in [-0.25, -0.2) is 4.90 Å². The van der Waals surface area contributed by atoms with Crippen molar-refractivity contribution in [2.75, 3.05) is 38.1 Å². The molecule has 2 heterocycles. The van der Waals surface area contributed by atoms with E-state index >= 15 is 0 Å². The zero-order chi connectivity index (χ0) is 15.0. The van der Waals surface area contributed by atoms with Gasteiger partial charge in [0.25, 0.3) is 5.91 Å². The minimum Gasteiger partial charge on any atom is -0.304 e. The van der Waals surface area contributed by atoms with Crippen molar-refractivity contribution in [1.29, 1.82) is 0 Å². The minimum absolute atomic E-state index is 0.0705. The molecule has 0 N–H and O–H groups in total. The summed E-state index contributed by atoms with van der Waals surface area (Å²) in [5.41, 5.74) is 1.68. The molecule has 0 aromatic heterocycles. The standard InChI is InChI=1S/C16H21N3O2/c1-12-5-3-4-6-13(12)19-15(20)11-14(16(19)21)18-9-7-17(2)8-10-18/h3-6,14H,7-11H2,1-2H3/t14-/m0/s1. The Morgan fingerprint density at radius 1 is 1.05 bits per heavy atom. The molecule has 112 valence electrons. The second-order valence-electron chi connectivity index (χ2n) is 5.91. The number of piperazine rings is 1. The first-order chi connectivity index (χ1) is 10.1. The largest absolute Gasteiger partial charge is 0.304 e. The number of para-hydroxylation sites is 1. The van der Waals surface area contributed by atoms with Crippen molar-refractivity contribution in [2.45, 2.75) is 19.4 Å². The number of hydrogen-bond donors (Lipinski definition) is 0. The van der Waals surface area contributed by atoms with Gasteiger partial charge in [-0.2, -0.15) is 0 Å². The van der Waals surface area contributed by atoms with E-state index in [9.17, 15) is 9.59 Å². The first-order valence-electron chi connectivity index (χ1n) is 7.43. The first kappa shape index (κ1) is 14.2. The molecule has 0 spiro atoms. The summed E-state index contributed by atoms with van der Waals surface area (Å²) in [4.78, 5) is 30.8. The van der Waals surface area contributed by atoms with Crippen LogP contribution in [0.2, 0.25) is 0 Å². The molecule has 2 amide bonds. The summed E-state index contributed by atoms with van der Waals surface area (Å²) in [6.07, 6.45) is 0.302. The maximum atomic E-state index is 12.7. The van der Waals surface area contributed by atoms with E-state index in [0.717, 1.165) is 37.4 Å². The van der Waals surface area contributed by atoms with Crippen LogP contribution in [-0.4, -0.2) is 60.9 Å². The number of aryl methyl sites for hydroxylation is 1. The van der Waals surface area contributed by atoms with Crippen molar-refractivity contribution >= 4 is 17.5 Å². The molecule has 5 heteroatoms. The molecule has 0 saturated carbocycles. The zero-order valence-corrected chi connectivity index (χ0v) is 12.6. The van der Waals surface area contributed by atoms with Crippen LogP contribution in [-0.2, 0) is 9.59 Å². The maximum absolute atomic E-state index is 12.7. The van der Waals surface area contributed by atoms with E-state index in [1.807, 2.05) is 31.2 Å². The van der Waals surface area contributed by atoms with E-state index in [4.69, 9.17) is 0 Å². The van der Waals surface area contributed by atoms with Crippen LogP contribution >= 0.6 is 0 Å². The number of hydrogen-bond acceptors (Lipinski definition) is 4. The summed E-state index contributed by atoms with van der Waals surface area (Å²) < 4.78 is 0. The van der Waals surface area contributed by atoms with Crippen LogP contribution in [0.5, 0.6) is 0 Å². The number of carbonyl (C=O) groups is 2. The van der Waals surface area contributed by atoms with Gasteiger partial charge in [0.05, 0.1) is 18.2 Å². The van der Waals surface area contributed by atoms with Gasteiger partial charge in [-0.1, -0.05) is 18.2 Å². The number of rotatable bonds is 2. The van der Waals surface area contributed by atoms with Crippen LogP contribution in [0.1, 0.15) is 12.0 Å². The second kappa shape index (κ2) is 5.58. The van der Waals surface area contributed by atoms with Gasteiger partial charge in [-0.05, 0) is 25.6 Å². The average molecular weight is 287 g/mol. The molecule has 0 bridgehead atoms. The Kier molecular flexibility index (Phi) is 3.78. The van der Waals surface area contributed by atoms with Crippen molar-refractivity contribution in [1.82, 2.24) is 9.80 Å². The summed E-state index contributed by atoms with van der Waals surface area (Å²) in [5, 5.41) is 0. The van der Waals surface area contributed by atoms with Gasteiger partial charge in [-0.3, -0.25) is 14.5 Å². The molecule has 1 atom stereocenters. The fourth-order valence-corrected chi connectivity index (χ4v) is 3.10. The Morgan fingerprint density at radius 3 is 2.38 bits per heavy atom. The van der Waals surface area contributed by atoms with Crippen LogP contribution in [0.4, 0.5) is 5.69 Å².